The summed E-state index contributed by atoms with van der Waals surface area (Å²) in [6, 6.07) is 2.76. The number of Topliss-reactive ketones (excluding diaryl/α,β-unsaturated/α-hetero) is 1. The van der Waals surface area contributed by atoms with Crippen molar-refractivity contribution >= 4 is 5.78 Å². The van der Waals surface area contributed by atoms with Crippen LogP contribution >= 0.6 is 0 Å². The molecule has 2 rings (SSSR count). The summed E-state index contributed by atoms with van der Waals surface area (Å²) in [6.45, 7) is 0.434. The molecule has 0 saturated heterocycles. The van der Waals surface area contributed by atoms with Gasteiger partial charge in [0.15, 0.2) is 12.6 Å². The molecule has 86 valence electrons. The monoisotopic (exact) mass is 225 g/mol. The van der Waals surface area contributed by atoms with Crippen molar-refractivity contribution in [3.63, 3.8) is 0 Å². The van der Waals surface area contributed by atoms with E-state index in [1.54, 1.807) is 7.05 Å². The van der Waals surface area contributed by atoms with Gasteiger partial charge in [-0.2, -0.15) is 0 Å². The number of rotatable bonds is 3. The van der Waals surface area contributed by atoms with Crippen LogP contribution in [0.4, 0.5) is 4.39 Å². The van der Waals surface area contributed by atoms with E-state index in [1.165, 1.54) is 12.1 Å². The molecule has 16 heavy (non-hydrogen) atoms. The van der Waals surface area contributed by atoms with E-state index in [1.807, 2.05) is 0 Å². The molecule has 1 aliphatic heterocycles. The molecule has 0 atom stereocenters. The Kier molecular flexibility index (Phi) is 3.17. The van der Waals surface area contributed by atoms with Crippen LogP contribution in [0.1, 0.15) is 15.9 Å². The molecule has 0 radical (unpaired) electrons. The van der Waals surface area contributed by atoms with Crippen LogP contribution in [0.3, 0.4) is 0 Å². The van der Waals surface area contributed by atoms with E-state index < -0.39 is 5.82 Å². The third-order valence-electron chi connectivity index (χ3n) is 2.38. The summed E-state index contributed by atoms with van der Waals surface area (Å²) in [5, 5.41) is 2.70. The predicted octanol–water partition coefficient (Wildman–Crippen LogP) is 1.09. The number of benzene rings is 1. The molecule has 0 fully saturated rings. The number of carbonyl (C=O) groups excluding carboxylic acids is 1. The Labute approximate surface area is 92.4 Å². The first kappa shape index (κ1) is 11.0. The molecule has 5 heteroatoms. The van der Waals surface area contributed by atoms with Crippen LogP contribution in [0.5, 0.6) is 5.75 Å². The molecule has 0 aromatic heterocycles. The first-order valence-electron chi connectivity index (χ1n) is 4.93. The minimum absolute atomic E-state index is 0.0616. The van der Waals surface area contributed by atoms with Gasteiger partial charge in [-0.05, 0) is 19.2 Å². The van der Waals surface area contributed by atoms with E-state index in [0.717, 1.165) is 0 Å². The van der Waals surface area contributed by atoms with E-state index in [2.05, 4.69) is 5.32 Å². The van der Waals surface area contributed by atoms with Crippen molar-refractivity contribution in [2.75, 3.05) is 20.4 Å². The number of fused-ring (bicyclic) bond motifs is 1. The van der Waals surface area contributed by atoms with Gasteiger partial charge in [0.25, 0.3) is 0 Å². The molecule has 0 bridgehead atoms. The van der Waals surface area contributed by atoms with Crippen LogP contribution in [0, 0.1) is 5.82 Å². The number of ether oxygens (including phenoxy) is 2. The molecule has 1 aromatic rings. The predicted molar refractivity (Wildman–Crippen MR) is 54.9 cm³/mol. The lowest BCUT2D eigenvalue weighted by molar-refractivity contribution is -0.0169. The lowest BCUT2D eigenvalue weighted by atomic mass is 10.0. The highest BCUT2D eigenvalue weighted by molar-refractivity contribution is 5.99. The van der Waals surface area contributed by atoms with Crippen molar-refractivity contribution in [3.05, 3.63) is 29.1 Å². The normalized spacial score (nSPS) is 14.1. The zero-order valence-electron chi connectivity index (χ0n) is 8.88. The highest BCUT2D eigenvalue weighted by Crippen LogP contribution is 2.28. The smallest absolute Gasteiger partial charge is 0.189 e. The van der Waals surface area contributed by atoms with Crippen LogP contribution in [0.2, 0.25) is 0 Å². The van der Waals surface area contributed by atoms with Gasteiger partial charge in [-0.3, -0.25) is 4.79 Å². The van der Waals surface area contributed by atoms with Crippen molar-refractivity contribution in [3.8, 4) is 5.75 Å². The number of likely N-dealkylation sites (N-methyl/N-ethyl adjacent to an activating group) is 1. The summed E-state index contributed by atoms with van der Waals surface area (Å²) < 4.78 is 23.8. The summed E-state index contributed by atoms with van der Waals surface area (Å²) in [5.74, 6) is -0.314. The summed E-state index contributed by atoms with van der Waals surface area (Å²) in [7, 11) is 1.64. The Morgan fingerprint density at radius 1 is 1.56 bits per heavy atom. The Hall–Kier alpha value is -1.46. The van der Waals surface area contributed by atoms with Crippen molar-refractivity contribution in [2.24, 2.45) is 0 Å². The third-order valence-corrected chi connectivity index (χ3v) is 2.38. The topological polar surface area (TPSA) is 47.6 Å². The van der Waals surface area contributed by atoms with Crippen LogP contribution < -0.4 is 10.1 Å². The first-order chi connectivity index (χ1) is 7.74. The van der Waals surface area contributed by atoms with Gasteiger partial charge >= 0.3 is 0 Å². The number of carbonyl (C=O) groups is 1. The third kappa shape index (κ3) is 1.91. The van der Waals surface area contributed by atoms with Gasteiger partial charge in [0.2, 0.25) is 0 Å². The van der Waals surface area contributed by atoms with Gasteiger partial charge in [0.1, 0.15) is 11.6 Å². The lowest BCUT2D eigenvalue weighted by Gasteiger charge is -2.20. The van der Waals surface area contributed by atoms with Crippen molar-refractivity contribution < 1.29 is 18.7 Å². The largest absolute Gasteiger partial charge is 0.467 e. The zero-order chi connectivity index (χ0) is 11.5. The molecule has 4 nitrogen and oxygen atoms in total. The Morgan fingerprint density at radius 2 is 2.38 bits per heavy atom. The number of halogens is 1. The fraction of sp³-hybridized carbons (Fsp3) is 0.364. The SMILES string of the molecule is CNCC(=O)c1c(F)ccc2c1COCO2. The fourth-order valence-corrected chi connectivity index (χ4v) is 1.68. The molecule has 0 saturated carbocycles. The highest BCUT2D eigenvalue weighted by atomic mass is 19.1. The van der Waals surface area contributed by atoms with Gasteiger partial charge < -0.3 is 14.8 Å². The molecule has 0 amide bonds. The van der Waals surface area contributed by atoms with Crippen molar-refractivity contribution in [1.82, 2.24) is 5.32 Å². The maximum absolute atomic E-state index is 13.6. The quantitative estimate of drug-likeness (QED) is 0.782. The van der Waals surface area contributed by atoms with Crippen molar-refractivity contribution in [2.45, 2.75) is 6.61 Å². The summed E-state index contributed by atoms with van der Waals surface area (Å²) >= 11 is 0. The number of ketones is 1. The van der Waals surface area contributed by atoms with Gasteiger partial charge in [0.05, 0.1) is 18.7 Å². The lowest BCUT2D eigenvalue weighted by Crippen LogP contribution is -2.23. The average Bonchev–Trinajstić information content (AvgIpc) is 2.29. The Bertz CT molecular complexity index is 420. The maximum atomic E-state index is 13.6. The second-order valence-electron chi connectivity index (χ2n) is 3.46. The molecule has 1 aliphatic rings. The first-order valence-corrected chi connectivity index (χ1v) is 4.93. The van der Waals surface area contributed by atoms with Gasteiger partial charge in [0, 0.05) is 5.56 Å². The van der Waals surface area contributed by atoms with Crippen molar-refractivity contribution in [1.29, 1.82) is 0 Å². The Balaban J connectivity index is 2.45. The molecular weight excluding hydrogens is 213 g/mol. The molecule has 1 aromatic carbocycles. The van der Waals surface area contributed by atoms with Gasteiger partial charge in [-0.1, -0.05) is 0 Å². The van der Waals surface area contributed by atoms with Crippen LogP contribution in [0.25, 0.3) is 0 Å². The second-order valence-corrected chi connectivity index (χ2v) is 3.46. The Morgan fingerprint density at radius 3 is 3.12 bits per heavy atom. The minimum Gasteiger partial charge on any atom is -0.467 e. The summed E-state index contributed by atoms with van der Waals surface area (Å²) in [5.41, 5.74) is 0.554. The van der Waals surface area contributed by atoms with Gasteiger partial charge in [-0.25, -0.2) is 4.39 Å². The fourth-order valence-electron chi connectivity index (χ4n) is 1.68. The second kappa shape index (κ2) is 4.59. The number of hydrogen-bond donors (Lipinski definition) is 1. The highest BCUT2D eigenvalue weighted by Gasteiger charge is 2.22. The van der Waals surface area contributed by atoms with E-state index in [9.17, 15) is 9.18 Å². The molecule has 1 N–H and O–H groups in total. The number of nitrogens with one attached hydrogen (secondary N) is 1. The average molecular weight is 225 g/mol. The molecule has 0 spiro atoms. The van der Waals surface area contributed by atoms with Crippen LogP contribution in [0.15, 0.2) is 12.1 Å². The van der Waals surface area contributed by atoms with E-state index >= 15 is 0 Å². The van der Waals surface area contributed by atoms with Crippen LogP contribution in [-0.2, 0) is 11.3 Å². The van der Waals surface area contributed by atoms with Gasteiger partial charge in [-0.15, -0.1) is 0 Å². The van der Waals surface area contributed by atoms with E-state index in [0.29, 0.717) is 11.3 Å². The summed E-state index contributed by atoms with van der Waals surface area (Å²) in [4.78, 5) is 11.7. The van der Waals surface area contributed by atoms with E-state index in [-0.39, 0.29) is 31.3 Å². The van der Waals surface area contributed by atoms with Crippen LogP contribution in [-0.4, -0.2) is 26.2 Å². The molecular formula is C11H12FNO3. The van der Waals surface area contributed by atoms with E-state index in [4.69, 9.17) is 9.47 Å². The molecule has 1 heterocycles. The molecule has 0 aliphatic carbocycles. The minimum atomic E-state index is -0.534. The summed E-state index contributed by atoms with van der Waals surface area (Å²) in [6.07, 6.45) is 0. The standard InChI is InChI=1S/C11H12FNO3/c1-13-4-9(14)11-7-5-15-6-16-10(7)3-2-8(11)12/h2-3,13H,4-6H2,1H3. The maximum Gasteiger partial charge on any atom is 0.189 e. The molecule has 0 unspecified atom stereocenters. The number of hydrogen-bond acceptors (Lipinski definition) is 4. The zero-order valence-corrected chi connectivity index (χ0v) is 8.88.